The fourth-order valence-corrected chi connectivity index (χ4v) is 2.52. The quantitative estimate of drug-likeness (QED) is 0.710. The molecule has 0 aliphatic carbocycles. The van der Waals surface area contributed by atoms with Crippen LogP contribution < -0.4 is 4.90 Å². The molecule has 1 amide bonds. The van der Waals surface area contributed by atoms with Crippen LogP contribution >= 0.6 is 27.5 Å². The van der Waals surface area contributed by atoms with E-state index in [4.69, 9.17) is 11.6 Å². The largest absolute Gasteiger partial charge is 0.416 e. The monoisotopic (exact) mass is 341 g/mol. The van der Waals surface area contributed by atoms with E-state index in [0.717, 1.165) is 12.1 Å². The van der Waals surface area contributed by atoms with Crippen molar-refractivity contribution in [1.82, 2.24) is 0 Å². The molecule has 0 radical (unpaired) electrons. The van der Waals surface area contributed by atoms with E-state index in [1.807, 2.05) is 0 Å². The molecule has 1 aliphatic rings. The van der Waals surface area contributed by atoms with E-state index in [1.165, 1.54) is 11.0 Å². The van der Waals surface area contributed by atoms with E-state index in [0.29, 0.717) is 18.7 Å². The fraction of sp³-hybridized carbons (Fsp3) is 0.364. The zero-order valence-electron chi connectivity index (χ0n) is 8.97. The molecule has 1 fully saturated rings. The number of alkyl halides is 4. The van der Waals surface area contributed by atoms with E-state index >= 15 is 0 Å². The lowest BCUT2D eigenvalue weighted by Gasteiger charge is -2.18. The molecule has 2 nitrogen and oxygen atoms in total. The summed E-state index contributed by atoms with van der Waals surface area (Å²) in [5.41, 5.74) is -0.505. The van der Waals surface area contributed by atoms with Crippen molar-refractivity contribution >= 4 is 39.1 Å². The molecule has 18 heavy (non-hydrogen) atoms. The van der Waals surface area contributed by atoms with Gasteiger partial charge in [-0.05, 0) is 24.6 Å². The summed E-state index contributed by atoms with van der Waals surface area (Å²) in [7, 11) is 0. The summed E-state index contributed by atoms with van der Waals surface area (Å²) in [6.07, 6.45) is -3.83. The molecule has 0 bridgehead atoms. The third kappa shape index (κ3) is 2.49. The molecule has 1 aliphatic heterocycles. The molecule has 0 spiro atoms. The highest BCUT2D eigenvalue weighted by Crippen LogP contribution is 2.36. The van der Waals surface area contributed by atoms with E-state index in [2.05, 4.69) is 15.9 Å². The van der Waals surface area contributed by atoms with Gasteiger partial charge in [0.15, 0.2) is 0 Å². The summed E-state index contributed by atoms with van der Waals surface area (Å²) in [4.78, 5) is 12.8. The summed E-state index contributed by atoms with van der Waals surface area (Å²) in [6, 6.07) is 3.00. The number of nitrogens with zero attached hydrogens (tertiary/aromatic N) is 1. The van der Waals surface area contributed by atoms with Crippen molar-refractivity contribution in [2.24, 2.45) is 0 Å². The van der Waals surface area contributed by atoms with Crippen LogP contribution in [0.3, 0.4) is 0 Å². The van der Waals surface area contributed by atoms with Crippen LogP contribution in [0.2, 0.25) is 5.02 Å². The first-order chi connectivity index (χ1) is 8.30. The summed E-state index contributed by atoms with van der Waals surface area (Å²) < 4.78 is 37.4. The Morgan fingerprint density at radius 2 is 2.06 bits per heavy atom. The second kappa shape index (κ2) is 4.74. The Morgan fingerprint density at radius 3 is 2.50 bits per heavy atom. The van der Waals surface area contributed by atoms with E-state index in [1.54, 1.807) is 0 Å². The number of amides is 1. The molecule has 0 N–H and O–H groups in total. The molecular weight excluding hydrogens is 334 g/mol. The highest BCUT2D eigenvalue weighted by Gasteiger charge is 2.34. The average molecular weight is 343 g/mol. The lowest BCUT2D eigenvalue weighted by atomic mass is 10.2. The van der Waals surface area contributed by atoms with Gasteiger partial charge in [0.05, 0.1) is 21.1 Å². The van der Waals surface area contributed by atoms with Gasteiger partial charge in [0.2, 0.25) is 5.91 Å². The van der Waals surface area contributed by atoms with Gasteiger partial charge in [-0.25, -0.2) is 0 Å². The Kier molecular flexibility index (Phi) is 3.60. The normalized spacial score (nSPS) is 20.6. The first kappa shape index (κ1) is 13.7. The SMILES string of the molecule is O=C1C(Br)CCN1c1ccc(C(F)(F)F)cc1Cl. The van der Waals surface area contributed by atoms with Gasteiger partial charge < -0.3 is 4.90 Å². The molecule has 1 aromatic rings. The Morgan fingerprint density at radius 1 is 1.39 bits per heavy atom. The van der Waals surface area contributed by atoms with Crippen molar-refractivity contribution in [3.63, 3.8) is 0 Å². The maximum Gasteiger partial charge on any atom is 0.416 e. The van der Waals surface area contributed by atoms with E-state index in [9.17, 15) is 18.0 Å². The number of rotatable bonds is 1. The summed E-state index contributed by atoms with van der Waals surface area (Å²) in [5, 5.41) is -0.0697. The predicted octanol–water partition coefficient (Wildman–Crippen LogP) is 3.86. The van der Waals surface area contributed by atoms with Gasteiger partial charge in [-0.3, -0.25) is 4.79 Å². The first-order valence-electron chi connectivity index (χ1n) is 5.13. The van der Waals surface area contributed by atoms with Gasteiger partial charge in [0.25, 0.3) is 0 Å². The fourth-order valence-electron chi connectivity index (χ4n) is 1.79. The molecule has 1 heterocycles. The van der Waals surface area contributed by atoms with Crippen molar-refractivity contribution in [2.45, 2.75) is 17.4 Å². The van der Waals surface area contributed by atoms with Gasteiger partial charge >= 0.3 is 6.18 Å². The average Bonchev–Trinajstić information content (AvgIpc) is 2.59. The second-order valence-electron chi connectivity index (χ2n) is 3.91. The topological polar surface area (TPSA) is 20.3 Å². The molecule has 1 unspecified atom stereocenters. The van der Waals surface area contributed by atoms with E-state index in [-0.39, 0.29) is 15.8 Å². The van der Waals surface area contributed by atoms with Gasteiger partial charge in [0, 0.05) is 6.54 Å². The van der Waals surface area contributed by atoms with Gasteiger partial charge in [-0.15, -0.1) is 0 Å². The van der Waals surface area contributed by atoms with Crippen LogP contribution in [0.1, 0.15) is 12.0 Å². The standard InChI is InChI=1S/C11H8BrClF3NO/c12-7-3-4-17(10(7)18)9-2-1-6(5-8(9)13)11(14,15)16/h1-2,5,7H,3-4H2. The number of benzene rings is 1. The molecule has 0 saturated carbocycles. The van der Waals surface area contributed by atoms with Gasteiger partial charge in [0.1, 0.15) is 0 Å². The number of carbonyl (C=O) groups excluding carboxylic acids is 1. The smallest absolute Gasteiger partial charge is 0.310 e. The maximum absolute atomic E-state index is 12.5. The summed E-state index contributed by atoms with van der Waals surface area (Å²) in [6.45, 7) is 0.444. The van der Waals surface area contributed by atoms with Gasteiger partial charge in [-0.2, -0.15) is 13.2 Å². The lowest BCUT2D eigenvalue weighted by Crippen LogP contribution is -2.27. The van der Waals surface area contributed by atoms with Crippen molar-refractivity contribution < 1.29 is 18.0 Å². The highest BCUT2D eigenvalue weighted by atomic mass is 79.9. The van der Waals surface area contributed by atoms with Crippen LogP contribution in [0, 0.1) is 0 Å². The molecule has 98 valence electrons. The summed E-state index contributed by atoms with van der Waals surface area (Å²) >= 11 is 9.02. The van der Waals surface area contributed by atoms with Crippen molar-refractivity contribution in [3.05, 3.63) is 28.8 Å². The number of halogens is 5. The molecule has 0 aromatic heterocycles. The van der Waals surface area contributed by atoms with Crippen LogP contribution in [0.5, 0.6) is 0 Å². The number of carbonyl (C=O) groups is 1. The van der Waals surface area contributed by atoms with Crippen LogP contribution in [-0.4, -0.2) is 17.3 Å². The molecule has 7 heteroatoms. The van der Waals surface area contributed by atoms with Crippen LogP contribution in [0.15, 0.2) is 18.2 Å². The minimum Gasteiger partial charge on any atom is -0.310 e. The Hall–Kier alpha value is -0.750. The molecule has 2 rings (SSSR count). The van der Waals surface area contributed by atoms with Crippen LogP contribution in [0.25, 0.3) is 0 Å². The zero-order valence-corrected chi connectivity index (χ0v) is 11.3. The van der Waals surface area contributed by atoms with Gasteiger partial charge in [-0.1, -0.05) is 27.5 Å². The molecule has 1 saturated heterocycles. The Labute approximate surface area is 115 Å². The zero-order chi connectivity index (χ0) is 13.5. The molecule has 1 atom stereocenters. The molecule has 1 aromatic carbocycles. The third-order valence-electron chi connectivity index (χ3n) is 2.71. The number of anilines is 1. The minimum absolute atomic E-state index is 0.0697. The first-order valence-corrected chi connectivity index (χ1v) is 6.42. The number of hydrogen-bond acceptors (Lipinski definition) is 1. The van der Waals surface area contributed by atoms with Crippen LogP contribution in [-0.2, 0) is 11.0 Å². The summed E-state index contributed by atoms with van der Waals surface area (Å²) in [5.74, 6) is -0.184. The second-order valence-corrected chi connectivity index (χ2v) is 5.42. The maximum atomic E-state index is 12.5. The minimum atomic E-state index is -4.44. The third-order valence-corrected chi connectivity index (χ3v) is 3.86. The number of hydrogen-bond donors (Lipinski definition) is 0. The van der Waals surface area contributed by atoms with Crippen molar-refractivity contribution in [1.29, 1.82) is 0 Å². The Balaban J connectivity index is 2.34. The molecular formula is C11H8BrClF3NO. The Bertz CT molecular complexity index is 492. The predicted molar refractivity (Wildman–Crippen MR) is 66.1 cm³/mol. The van der Waals surface area contributed by atoms with Crippen molar-refractivity contribution in [2.75, 3.05) is 11.4 Å². The van der Waals surface area contributed by atoms with Crippen LogP contribution in [0.4, 0.5) is 18.9 Å². The highest BCUT2D eigenvalue weighted by molar-refractivity contribution is 9.10. The van der Waals surface area contributed by atoms with E-state index < -0.39 is 11.7 Å². The lowest BCUT2D eigenvalue weighted by molar-refractivity contribution is -0.137. The van der Waals surface area contributed by atoms with Crippen molar-refractivity contribution in [3.8, 4) is 0 Å².